The third-order valence-electron chi connectivity index (χ3n) is 4.47. The van der Waals surface area contributed by atoms with Crippen LogP contribution >= 0.6 is 11.6 Å². The molecule has 1 N–H and O–H groups in total. The average molecular weight is 414 g/mol. The van der Waals surface area contributed by atoms with Gasteiger partial charge < -0.3 is 19.5 Å². The molecule has 0 unspecified atom stereocenters. The van der Waals surface area contributed by atoms with Crippen LogP contribution in [0.2, 0.25) is 5.02 Å². The van der Waals surface area contributed by atoms with Gasteiger partial charge in [-0.1, -0.05) is 11.6 Å². The number of pyridine rings is 1. The number of hydrogen-bond donors (Lipinski definition) is 1. The Morgan fingerprint density at radius 1 is 1.21 bits per heavy atom. The number of halogens is 1. The number of aryl methyl sites for hydroxylation is 1. The molecule has 2 aromatic heterocycles. The number of nitrogens with zero attached hydrogens (tertiary/aromatic N) is 4. The van der Waals surface area contributed by atoms with E-state index in [9.17, 15) is 4.79 Å². The number of amides is 1. The smallest absolute Gasteiger partial charge is 0.257 e. The van der Waals surface area contributed by atoms with E-state index in [1.54, 1.807) is 30.5 Å². The highest BCUT2D eigenvalue weighted by molar-refractivity contribution is 6.33. The van der Waals surface area contributed by atoms with Crippen molar-refractivity contribution in [3.8, 4) is 17.3 Å². The van der Waals surface area contributed by atoms with Gasteiger partial charge in [0.05, 0.1) is 10.6 Å². The van der Waals surface area contributed by atoms with Crippen LogP contribution in [0.15, 0.2) is 42.7 Å². The van der Waals surface area contributed by atoms with Gasteiger partial charge in [-0.15, -0.1) is 0 Å². The van der Waals surface area contributed by atoms with Gasteiger partial charge in [-0.3, -0.25) is 4.79 Å². The minimum Gasteiger partial charge on any atom is -0.476 e. The second-order valence-corrected chi connectivity index (χ2v) is 7.38. The largest absolute Gasteiger partial charge is 0.476 e. The summed E-state index contributed by atoms with van der Waals surface area (Å²) in [5.41, 5.74) is 2.84. The summed E-state index contributed by atoms with van der Waals surface area (Å²) in [6, 6.07) is 8.69. The van der Waals surface area contributed by atoms with Crippen LogP contribution in [-0.4, -0.2) is 52.6 Å². The number of carbonyl (C=O) groups is 1. The van der Waals surface area contributed by atoms with Crippen molar-refractivity contribution in [3.05, 3.63) is 59.0 Å². The van der Waals surface area contributed by atoms with Crippen molar-refractivity contribution in [3.63, 3.8) is 0 Å². The molecule has 1 amide bonds. The first-order valence-electron chi connectivity index (χ1n) is 9.18. The minimum absolute atomic E-state index is 0.262. The number of benzene rings is 1. The fourth-order valence-electron chi connectivity index (χ4n) is 2.66. The molecule has 0 atom stereocenters. The number of imidazole rings is 1. The Labute approximate surface area is 175 Å². The van der Waals surface area contributed by atoms with Gasteiger partial charge in [0.15, 0.2) is 0 Å². The summed E-state index contributed by atoms with van der Waals surface area (Å²) in [4.78, 5) is 23.2. The molecule has 29 heavy (non-hydrogen) atoms. The van der Waals surface area contributed by atoms with Gasteiger partial charge in [0.1, 0.15) is 12.4 Å². The predicted molar refractivity (Wildman–Crippen MR) is 115 cm³/mol. The number of likely N-dealkylation sites (N-methyl/N-ethyl adjacent to an activating group) is 1. The number of rotatable bonds is 7. The van der Waals surface area contributed by atoms with Crippen LogP contribution in [-0.2, 0) is 7.05 Å². The Hall–Kier alpha value is -2.90. The lowest BCUT2D eigenvalue weighted by Crippen LogP contribution is -2.19. The minimum atomic E-state index is -0.262. The molecule has 0 radical (unpaired) electrons. The van der Waals surface area contributed by atoms with Gasteiger partial charge in [-0.25, -0.2) is 9.97 Å². The molecule has 0 saturated carbocycles. The lowest BCUT2D eigenvalue weighted by Gasteiger charge is -2.11. The summed E-state index contributed by atoms with van der Waals surface area (Å²) in [6.45, 7) is 3.29. The zero-order valence-corrected chi connectivity index (χ0v) is 17.7. The van der Waals surface area contributed by atoms with Crippen LogP contribution in [0.25, 0.3) is 11.4 Å². The summed E-state index contributed by atoms with van der Waals surface area (Å²) in [5, 5.41) is 3.44. The number of ether oxygens (including phenoxy) is 1. The van der Waals surface area contributed by atoms with Crippen molar-refractivity contribution in [2.45, 2.75) is 6.92 Å². The second-order valence-electron chi connectivity index (χ2n) is 6.97. The summed E-state index contributed by atoms with van der Waals surface area (Å²) in [7, 11) is 5.87. The van der Waals surface area contributed by atoms with Crippen molar-refractivity contribution in [1.29, 1.82) is 0 Å². The Morgan fingerprint density at radius 2 is 2.00 bits per heavy atom. The molecule has 3 rings (SSSR count). The van der Waals surface area contributed by atoms with Crippen molar-refractivity contribution in [2.75, 3.05) is 32.6 Å². The normalized spacial score (nSPS) is 11.0. The average Bonchev–Trinajstić information content (AvgIpc) is 3.02. The van der Waals surface area contributed by atoms with Crippen molar-refractivity contribution < 1.29 is 9.53 Å². The molecule has 0 spiro atoms. The van der Waals surface area contributed by atoms with Crippen LogP contribution in [0, 0.1) is 6.92 Å². The highest BCUT2D eigenvalue weighted by atomic mass is 35.5. The first kappa shape index (κ1) is 20.8. The van der Waals surface area contributed by atoms with Crippen molar-refractivity contribution in [2.24, 2.45) is 7.05 Å². The molecule has 2 heterocycles. The summed E-state index contributed by atoms with van der Waals surface area (Å²) in [5.74, 6) is 0.966. The van der Waals surface area contributed by atoms with Crippen LogP contribution in [0.5, 0.6) is 5.88 Å². The first-order valence-corrected chi connectivity index (χ1v) is 9.56. The van der Waals surface area contributed by atoms with Crippen LogP contribution in [0.3, 0.4) is 0 Å². The number of hydrogen-bond acceptors (Lipinski definition) is 5. The molecule has 8 heteroatoms. The van der Waals surface area contributed by atoms with Crippen LogP contribution in [0.4, 0.5) is 5.69 Å². The van der Waals surface area contributed by atoms with Crippen LogP contribution < -0.4 is 10.1 Å². The predicted octanol–water partition coefficient (Wildman–Crippen LogP) is 3.64. The number of anilines is 1. The summed E-state index contributed by atoms with van der Waals surface area (Å²) >= 11 is 6.35. The molecule has 3 aromatic rings. The quantitative estimate of drug-likeness (QED) is 0.640. The second kappa shape index (κ2) is 9.07. The molecular weight excluding hydrogens is 390 g/mol. The maximum absolute atomic E-state index is 12.6. The van der Waals surface area contributed by atoms with E-state index >= 15 is 0 Å². The molecular formula is C21H24ClN5O2. The molecule has 1 aromatic carbocycles. The third-order valence-corrected chi connectivity index (χ3v) is 4.80. The van der Waals surface area contributed by atoms with E-state index in [2.05, 4.69) is 15.3 Å². The SMILES string of the molecule is Cc1cnc(-c2cc(NC(=O)c3ccc(OCCN(C)C)nc3)ccc2Cl)n1C. The van der Waals surface area contributed by atoms with Crippen molar-refractivity contribution >= 4 is 23.2 Å². The lowest BCUT2D eigenvalue weighted by molar-refractivity contribution is 0.102. The fraction of sp³-hybridized carbons (Fsp3) is 0.286. The Bertz CT molecular complexity index is 999. The lowest BCUT2D eigenvalue weighted by atomic mass is 10.1. The van der Waals surface area contributed by atoms with Gasteiger partial charge in [0, 0.05) is 49.0 Å². The van der Waals surface area contributed by atoms with E-state index in [4.69, 9.17) is 16.3 Å². The van der Waals surface area contributed by atoms with Crippen LogP contribution in [0.1, 0.15) is 16.1 Å². The Kier molecular flexibility index (Phi) is 6.51. The molecule has 0 saturated heterocycles. The van der Waals surface area contributed by atoms with E-state index in [-0.39, 0.29) is 5.91 Å². The highest BCUT2D eigenvalue weighted by Gasteiger charge is 2.13. The fourth-order valence-corrected chi connectivity index (χ4v) is 2.86. The van der Waals surface area contributed by atoms with Gasteiger partial charge in [0.2, 0.25) is 5.88 Å². The zero-order valence-electron chi connectivity index (χ0n) is 16.9. The van der Waals surface area contributed by atoms with E-state index in [1.807, 2.05) is 43.6 Å². The first-order chi connectivity index (χ1) is 13.8. The third kappa shape index (κ3) is 5.13. The van der Waals surface area contributed by atoms with E-state index in [0.29, 0.717) is 28.8 Å². The Balaban J connectivity index is 1.71. The molecule has 0 aliphatic carbocycles. The van der Waals surface area contributed by atoms with Crippen molar-refractivity contribution in [1.82, 2.24) is 19.4 Å². The topological polar surface area (TPSA) is 72.3 Å². The molecule has 152 valence electrons. The summed E-state index contributed by atoms with van der Waals surface area (Å²) in [6.07, 6.45) is 3.28. The number of nitrogens with one attached hydrogen (secondary N) is 1. The monoisotopic (exact) mass is 413 g/mol. The number of carbonyl (C=O) groups excluding carboxylic acids is 1. The molecule has 0 aliphatic heterocycles. The molecule has 0 fully saturated rings. The molecule has 0 bridgehead atoms. The number of aromatic nitrogens is 3. The van der Waals surface area contributed by atoms with Gasteiger partial charge in [-0.2, -0.15) is 0 Å². The van der Waals surface area contributed by atoms with E-state index in [0.717, 1.165) is 23.6 Å². The maximum Gasteiger partial charge on any atom is 0.257 e. The molecule has 0 aliphatic rings. The summed E-state index contributed by atoms with van der Waals surface area (Å²) < 4.78 is 7.50. The molecule has 7 nitrogen and oxygen atoms in total. The van der Waals surface area contributed by atoms with Gasteiger partial charge in [0.25, 0.3) is 5.91 Å². The van der Waals surface area contributed by atoms with E-state index < -0.39 is 0 Å². The maximum atomic E-state index is 12.6. The van der Waals surface area contributed by atoms with Gasteiger partial charge >= 0.3 is 0 Å². The van der Waals surface area contributed by atoms with Gasteiger partial charge in [-0.05, 0) is 45.3 Å². The van der Waals surface area contributed by atoms with E-state index in [1.165, 1.54) is 6.20 Å². The Morgan fingerprint density at radius 3 is 2.62 bits per heavy atom. The highest BCUT2D eigenvalue weighted by Crippen LogP contribution is 2.30. The standard InChI is InChI=1S/C21H24ClN5O2/c1-14-12-24-20(27(14)4)17-11-16(6-7-18(17)22)25-21(28)15-5-8-19(23-13-15)29-10-9-26(2)3/h5-8,11-13H,9-10H2,1-4H3,(H,25,28). The zero-order chi connectivity index (χ0) is 21.0.